The molecule has 106 valence electrons. The van der Waals surface area contributed by atoms with E-state index in [0.29, 0.717) is 0 Å². The van der Waals surface area contributed by atoms with E-state index in [1.54, 1.807) is 15.9 Å². The van der Waals surface area contributed by atoms with E-state index < -0.39 is 0 Å². The first-order valence-corrected chi connectivity index (χ1v) is 8.08. The second-order valence-corrected chi connectivity index (χ2v) is 6.71. The van der Waals surface area contributed by atoms with E-state index in [1.165, 1.54) is 10.4 Å². The van der Waals surface area contributed by atoms with E-state index in [4.69, 9.17) is 4.98 Å². The summed E-state index contributed by atoms with van der Waals surface area (Å²) in [6.07, 6.45) is 3.27. The molecular weight excluding hydrogens is 280 g/mol. The molecule has 0 fully saturated rings. The van der Waals surface area contributed by atoms with Gasteiger partial charge in [0, 0.05) is 4.88 Å². The van der Waals surface area contributed by atoms with Crippen molar-refractivity contribution in [3.63, 3.8) is 0 Å². The summed E-state index contributed by atoms with van der Waals surface area (Å²) in [6.45, 7) is 3.95. The summed E-state index contributed by atoms with van der Waals surface area (Å²) in [5.74, 6) is 0.765. The molecule has 2 aromatic heterocycles. The number of nitrogens with zero attached hydrogens (tertiary/aromatic N) is 2. The van der Waals surface area contributed by atoms with Crippen molar-refractivity contribution < 1.29 is 0 Å². The molecule has 0 bridgehead atoms. The molecule has 3 nitrogen and oxygen atoms in total. The third kappa shape index (κ3) is 1.79. The van der Waals surface area contributed by atoms with Gasteiger partial charge in [-0.2, -0.15) is 0 Å². The van der Waals surface area contributed by atoms with Gasteiger partial charge >= 0.3 is 0 Å². The first-order chi connectivity index (χ1) is 10.2. The van der Waals surface area contributed by atoms with Crippen LogP contribution in [0.2, 0.25) is 0 Å². The molecule has 21 heavy (non-hydrogen) atoms. The minimum atomic E-state index is 0.0891. The topological polar surface area (TPSA) is 34.9 Å². The van der Waals surface area contributed by atoms with Gasteiger partial charge in [0.25, 0.3) is 5.56 Å². The summed E-state index contributed by atoms with van der Waals surface area (Å²) in [6, 6.07) is 7.98. The summed E-state index contributed by atoms with van der Waals surface area (Å²) in [7, 11) is 0. The molecule has 0 saturated carbocycles. The zero-order valence-electron chi connectivity index (χ0n) is 12.1. The van der Waals surface area contributed by atoms with E-state index in [0.717, 1.165) is 46.6 Å². The van der Waals surface area contributed by atoms with Crippen LogP contribution in [0.1, 0.15) is 28.2 Å². The molecule has 2 heterocycles. The average Bonchev–Trinajstić information content (AvgIpc) is 3.00. The van der Waals surface area contributed by atoms with Gasteiger partial charge in [0.1, 0.15) is 10.7 Å². The fourth-order valence-corrected chi connectivity index (χ4v) is 4.54. The maximum Gasteiger partial charge on any atom is 0.267 e. The molecule has 0 amide bonds. The van der Waals surface area contributed by atoms with Gasteiger partial charge in [0.15, 0.2) is 0 Å². The zero-order valence-corrected chi connectivity index (χ0v) is 13.0. The number of aryl methyl sites for hydroxylation is 4. The third-order valence-electron chi connectivity index (χ3n) is 4.26. The number of rotatable bonds is 1. The molecule has 0 unspecified atom stereocenters. The van der Waals surface area contributed by atoms with Crippen molar-refractivity contribution in [2.45, 2.75) is 33.1 Å². The number of fused-ring (bicyclic) bond motifs is 3. The quantitative estimate of drug-likeness (QED) is 0.688. The molecular formula is C17H16N2OS. The van der Waals surface area contributed by atoms with Crippen molar-refractivity contribution in [2.24, 2.45) is 0 Å². The SMILES string of the molecule is Cc1ccccc1-n1c(C)nc2sc3c(c2c1=O)CCC3. The Morgan fingerprint density at radius 1 is 1.19 bits per heavy atom. The van der Waals surface area contributed by atoms with Crippen LogP contribution >= 0.6 is 11.3 Å². The van der Waals surface area contributed by atoms with Crippen LogP contribution < -0.4 is 5.56 Å². The van der Waals surface area contributed by atoms with Gasteiger partial charge in [-0.25, -0.2) is 4.98 Å². The van der Waals surface area contributed by atoms with Crippen LogP contribution in [0, 0.1) is 13.8 Å². The molecule has 0 radical (unpaired) electrons. The Kier molecular flexibility index (Phi) is 2.76. The van der Waals surface area contributed by atoms with Crippen LogP contribution in [-0.4, -0.2) is 9.55 Å². The number of benzene rings is 1. The smallest absolute Gasteiger partial charge is 0.267 e. The summed E-state index contributed by atoms with van der Waals surface area (Å²) in [5.41, 5.74) is 3.36. The second kappa shape index (κ2) is 4.53. The van der Waals surface area contributed by atoms with E-state index in [-0.39, 0.29) is 5.56 Å². The lowest BCUT2D eigenvalue weighted by molar-refractivity contribution is 0.884. The zero-order chi connectivity index (χ0) is 14.6. The third-order valence-corrected chi connectivity index (χ3v) is 5.45. The molecule has 0 N–H and O–H groups in total. The van der Waals surface area contributed by atoms with Crippen molar-refractivity contribution in [3.8, 4) is 5.69 Å². The number of aromatic nitrogens is 2. The lowest BCUT2D eigenvalue weighted by Crippen LogP contribution is -2.23. The molecule has 1 aliphatic rings. The van der Waals surface area contributed by atoms with Crippen molar-refractivity contribution in [2.75, 3.05) is 0 Å². The Morgan fingerprint density at radius 3 is 2.81 bits per heavy atom. The molecule has 1 aliphatic carbocycles. The van der Waals surface area contributed by atoms with Gasteiger partial charge in [-0.3, -0.25) is 9.36 Å². The second-order valence-electron chi connectivity index (χ2n) is 5.62. The molecule has 3 aromatic rings. The molecule has 0 saturated heterocycles. The predicted octanol–water partition coefficient (Wildman–Crippen LogP) is 3.55. The van der Waals surface area contributed by atoms with Crippen molar-refractivity contribution >= 4 is 21.6 Å². The van der Waals surface area contributed by atoms with Crippen LogP contribution in [0.15, 0.2) is 29.1 Å². The van der Waals surface area contributed by atoms with E-state index in [2.05, 4.69) is 0 Å². The Hall–Kier alpha value is -1.94. The van der Waals surface area contributed by atoms with Crippen LogP contribution in [0.3, 0.4) is 0 Å². The molecule has 1 aromatic carbocycles. The highest BCUT2D eigenvalue weighted by Crippen LogP contribution is 2.35. The van der Waals surface area contributed by atoms with Gasteiger partial charge in [0.2, 0.25) is 0 Å². The highest BCUT2D eigenvalue weighted by Gasteiger charge is 2.22. The minimum Gasteiger partial charge on any atom is -0.268 e. The van der Waals surface area contributed by atoms with Crippen LogP contribution in [-0.2, 0) is 12.8 Å². The largest absolute Gasteiger partial charge is 0.268 e. The van der Waals surface area contributed by atoms with Gasteiger partial charge in [-0.05, 0) is 50.3 Å². The number of para-hydroxylation sites is 1. The monoisotopic (exact) mass is 296 g/mol. The molecule has 0 atom stereocenters. The van der Waals surface area contributed by atoms with Gasteiger partial charge in [-0.1, -0.05) is 18.2 Å². The fraction of sp³-hybridized carbons (Fsp3) is 0.294. The van der Waals surface area contributed by atoms with E-state index >= 15 is 0 Å². The standard InChI is InChI=1S/C17H16N2OS/c1-10-6-3-4-8-13(10)19-11(2)18-16-15(17(19)20)12-7-5-9-14(12)21-16/h3-4,6,8H,5,7,9H2,1-2H3. The van der Waals surface area contributed by atoms with Crippen molar-refractivity contribution in [1.82, 2.24) is 9.55 Å². The maximum absolute atomic E-state index is 13.1. The molecule has 4 heteroatoms. The first kappa shape index (κ1) is 12.8. The lowest BCUT2D eigenvalue weighted by atomic mass is 10.1. The number of thiophene rings is 1. The highest BCUT2D eigenvalue weighted by molar-refractivity contribution is 7.18. The van der Waals surface area contributed by atoms with Gasteiger partial charge < -0.3 is 0 Å². The normalized spacial score (nSPS) is 13.8. The summed E-state index contributed by atoms with van der Waals surface area (Å²) in [5, 5.41) is 0.848. The van der Waals surface area contributed by atoms with Crippen molar-refractivity contribution in [1.29, 1.82) is 0 Å². The number of hydrogen-bond acceptors (Lipinski definition) is 3. The van der Waals surface area contributed by atoms with Gasteiger partial charge in [0.05, 0.1) is 11.1 Å². The van der Waals surface area contributed by atoms with Crippen molar-refractivity contribution in [3.05, 3.63) is 56.4 Å². The van der Waals surface area contributed by atoms with Crippen LogP contribution in [0.5, 0.6) is 0 Å². The summed E-state index contributed by atoms with van der Waals surface area (Å²) < 4.78 is 1.77. The summed E-state index contributed by atoms with van der Waals surface area (Å²) >= 11 is 1.70. The Bertz CT molecular complexity index is 920. The van der Waals surface area contributed by atoms with Crippen LogP contribution in [0.25, 0.3) is 15.9 Å². The average molecular weight is 296 g/mol. The van der Waals surface area contributed by atoms with Gasteiger partial charge in [-0.15, -0.1) is 11.3 Å². The minimum absolute atomic E-state index is 0.0891. The Labute approximate surface area is 126 Å². The fourth-order valence-electron chi connectivity index (χ4n) is 3.24. The van der Waals surface area contributed by atoms with Crippen LogP contribution in [0.4, 0.5) is 0 Å². The molecule has 0 aliphatic heterocycles. The number of hydrogen-bond donors (Lipinski definition) is 0. The predicted molar refractivity (Wildman–Crippen MR) is 86.7 cm³/mol. The highest BCUT2D eigenvalue weighted by atomic mass is 32.1. The Morgan fingerprint density at radius 2 is 2.00 bits per heavy atom. The lowest BCUT2D eigenvalue weighted by Gasteiger charge is -2.12. The maximum atomic E-state index is 13.1. The Balaban J connectivity index is 2.11. The first-order valence-electron chi connectivity index (χ1n) is 7.26. The molecule has 0 spiro atoms. The molecule has 4 rings (SSSR count). The van der Waals surface area contributed by atoms with E-state index in [1.807, 2.05) is 38.1 Å². The van der Waals surface area contributed by atoms with E-state index in [9.17, 15) is 4.79 Å². The summed E-state index contributed by atoms with van der Waals surface area (Å²) in [4.78, 5) is 20.0.